The molecule has 2 aromatic rings. The van der Waals surface area contributed by atoms with E-state index in [1.54, 1.807) is 6.07 Å². The van der Waals surface area contributed by atoms with Crippen LogP contribution < -0.4 is 17.3 Å². The summed E-state index contributed by atoms with van der Waals surface area (Å²) in [6, 6.07) is 5.04. The second-order valence-corrected chi connectivity index (χ2v) is 5.02. The standard InChI is InChI=1S/C13H18N4O2.ClH/c1-10-14-11-6-4-7-12(17(18)19)13(11)16(10)9-5-8-15(2)3;/h4,6-7H,5,8-9H2,1-3H3;1H. The molecule has 0 aliphatic carbocycles. The van der Waals surface area contributed by atoms with Gasteiger partial charge in [0.25, 0.3) is 5.69 Å². The molecule has 0 saturated heterocycles. The van der Waals surface area contributed by atoms with E-state index in [0.29, 0.717) is 11.0 Å². The smallest absolute Gasteiger partial charge is 0.295 e. The van der Waals surface area contributed by atoms with Crippen LogP contribution in [0.4, 0.5) is 5.69 Å². The first-order valence-corrected chi connectivity index (χ1v) is 6.40. The van der Waals surface area contributed by atoms with Gasteiger partial charge in [-0.2, -0.15) is 0 Å². The number of halogens is 1. The van der Waals surface area contributed by atoms with Gasteiger partial charge < -0.3 is 21.9 Å². The van der Waals surface area contributed by atoms with E-state index in [9.17, 15) is 10.1 Å². The summed E-state index contributed by atoms with van der Waals surface area (Å²) in [6.45, 7) is 3.68. The highest BCUT2D eigenvalue weighted by atomic mass is 35.5. The number of nitrogens with zero attached hydrogens (tertiary/aromatic N) is 3. The zero-order valence-corrected chi connectivity index (χ0v) is 12.6. The van der Waals surface area contributed by atoms with E-state index in [2.05, 4.69) is 19.1 Å². The fourth-order valence-corrected chi connectivity index (χ4v) is 2.29. The topological polar surface area (TPSA) is 65.4 Å². The summed E-state index contributed by atoms with van der Waals surface area (Å²) in [5, 5.41) is 11.1. The minimum Gasteiger partial charge on any atom is -1.00 e. The third-order valence-electron chi connectivity index (χ3n) is 3.19. The Labute approximate surface area is 124 Å². The maximum atomic E-state index is 11.1. The average Bonchev–Trinajstić information content (AvgIpc) is 2.65. The Balaban J connectivity index is 0.00000200. The Morgan fingerprint density at radius 3 is 2.70 bits per heavy atom. The third-order valence-corrected chi connectivity index (χ3v) is 3.19. The van der Waals surface area contributed by atoms with Crippen LogP contribution in [0.2, 0.25) is 0 Å². The van der Waals surface area contributed by atoms with Crippen molar-refractivity contribution in [2.75, 3.05) is 20.6 Å². The maximum absolute atomic E-state index is 11.1. The van der Waals surface area contributed by atoms with Gasteiger partial charge in [-0.3, -0.25) is 10.1 Å². The van der Waals surface area contributed by atoms with E-state index >= 15 is 0 Å². The number of nitro benzene ring substituents is 1. The molecule has 0 radical (unpaired) electrons. The zero-order chi connectivity index (χ0) is 14.0. The highest BCUT2D eigenvalue weighted by molar-refractivity contribution is 5.85. The number of hydrogen-bond acceptors (Lipinski definition) is 3. The maximum Gasteiger partial charge on any atom is 0.295 e. The van der Waals surface area contributed by atoms with Crippen molar-refractivity contribution in [3.8, 4) is 0 Å². The molecular formula is C13H19ClN4O2. The summed E-state index contributed by atoms with van der Waals surface area (Å²) < 4.78 is 1.95. The first-order chi connectivity index (χ1) is 9.00. The van der Waals surface area contributed by atoms with Crippen molar-refractivity contribution < 1.29 is 22.2 Å². The monoisotopic (exact) mass is 298 g/mol. The molecule has 7 heteroatoms. The van der Waals surface area contributed by atoms with Gasteiger partial charge >= 0.3 is 0 Å². The van der Waals surface area contributed by atoms with Crippen LogP contribution in [0.3, 0.4) is 0 Å². The minimum atomic E-state index is -0.336. The number of imidazole rings is 1. The van der Waals surface area contributed by atoms with Crippen molar-refractivity contribution in [3.63, 3.8) is 0 Å². The fraction of sp³-hybridized carbons (Fsp3) is 0.462. The van der Waals surface area contributed by atoms with Crippen molar-refractivity contribution in [3.05, 3.63) is 34.1 Å². The highest BCUT2D eigenvalue weighted by Crippen LogP contribution is 2.26. The second-order valence-electron chi connectivity index (χ2n) is 5.02. The van der Waals surface area contributed by atoms with E-state index in [1.807, 2.05) is 17.6 Å². The molecule has 110 valence electrons. The van der Waals surface area contributed by atoms with Crippen molar-refractivity contribution in [2.24, 2.45) is 0 Å². The molecule has 0 amide bonds. The van der Waals surface area contributed by atoms with Crippen LogP contribution in [0.1, 0.15) is 12.2 Å². The first-order valence-electron chi connectivity index (χ1n) is 6.40. The van der Waals surface area contributed by atoms with Gasteiger partial charge in [0.15, 0.2) is 0 Å². The van der Waals surface area contributed by atoms with Crippen LogP contribution in [0.25, 0.3) is 11.0 Å². The zero-order valence-electron chi connectivity index (χ0n) is 11.9. The number of benzene rings is 1. The lowest BCUT2D eigenvalue weighted by molar-refractivity contribution is -0.858. The Hall–Kier alpha value is -1.66. The molecule has 1 aromatic heterocycles. The van der Waals surface area contributed by atoms with Crippen LogP contribution in [-0.2, 0) is 6.54 Å². The molecule has 0 unspecified atom stereocenters. The molecule has 0 bridgehead atoms. The van der Waals surface area contributed by atoms with E-state index in [0.717, 1.165) is 25.3 Å². The number of nitro groups is 1. The number of fused-ring (bicyclic) bond motifs is 1. The number of nitrogens with one attached hydrogen (secondary N) is 1. The van der Waals surface area contributed by atoms with Crippen LogP contribution >= 0.6 is 0 Å². The first kappa shape index (κ1) is 16.4. The Morgan fingerprint density at radius 2 is 2.10 bits per heavy atom. The number of aromatic nitrogens is 2. The summed E-state index contributed by atoms with van der Waals surface area (Å²) in [5.41, 5.74) is 1.47. The second kappa shape index (κ2) is 6.67. The predicted octanol–water partition coefficient (Wildman–Crippen LogP) is -2.21. The number of para-hydroxylation sites is 1. The molecule has 2 rings (SSSR count). The number of rotatable bonds is 5. The fourth-order valence-electron chi connectivity index (χ4n) is 2.29. The lowest BCUT2D eigenvalue weighted by Crippen LogP contribution is -3.05. The summed E-state index contributed by atoms with van der Waals surface area (Å²) >= 11 is 0. The van der Waals surface area contributed by atoms with Crippen LogP contribution in [0, 0.1) is 17.0 Å². The molecule has 1 aromatic carbocycles. The van der Waals surface area contributed by atoms with Crippen LogP contribution in [0.15, 0.2) is 18.2 Å². The molecule has 0 atom stereocenters. The van der Waals surface area contributed by atoms with E-state index in [1.165, 1.54) is 11.0 Å². The minimum absolute atomic E-state index is 0. The molecular weight excluding hydrogens is 280 g/mol. The number of non-ortho nitro benzene ring substituents is 1. The van der Waals surface area contributed by atoms with Crippen molar-refractivity contribution in [1.29, 1.82) is 0 Å². The van der Waals surface area contributed by atoms with Gasteiger partial charge in [-0.1, -0.05) is 6.07 Å². The summed E-state index contributed by atoms with van der Waals surface area (Å²) in [4.78, 5) is 16.6. The van der Waals surface area contributed by atoms with Crippen LogP contribution in [-0.4, -0.2) is 35.1 Å². The van der Waals surface area contributed by atoms with E-state index in [-0.39, 0.29) is 23.0 Å². The van der Waals surface area contributed by atoms with Gasteiger partial charge in [0.05, 0.1) is 31.1 Å². The Morgan fingerprint density at radius 1 is 1.40 bits per heavy atom. The molecule has 6 nitrogen and oxygen atoms in total. The molecule has 1 N–H and O–H groups in total. The largest absolute Gasteiger partial charge is 1.00 e. The van der Waals surface area contributed by atoms with Crippen LogP contribution in [0.5, 0.6) is 0 Å². The highest BCUT2D eigenvalue weighted by Gasteiger charge is 2.18. The molecule has 0 spiro atoms. The van der Waals surface area contributed by atoms with Gasteiger partial charge in [-0.25, -0.2) is 4.98 Å². The van der Waals surface area contributed by atoms with Gasteiger partial charge in [0, 0.05) is 19.0 Å². The lowest BCUT2D eigenvalue weighted by atomic mass is 10.2. The summed E-state index contributed by atoms with van der Waals surface area (Å²) in [7, 11) is 4.20. The molecule has 0 aliphatic heterocycles. The molecule has 0 aliphatic rings. The average molecular weight is 299 g/mol. The van der Waals surface area contributed by atoms with E-state index in [4.69, 9.17) is 0 Å². The number of quaternary nitrogens is 1. The third kappa shape index (κ3) is 3.26. The SMILES string of the molecule is Cc1nc2cccc([N+](=O)[O-])c2n1CCC[NH+](C)C.[Cl-]. The molecule has 20 heavy (non-hydrogen) atoms. The van der Waals surface area contributed by atoms with E-state index < -0.39 is 0 Å². The Kier molecular flexibility index (Phi) is 5.47. The molecule has 0 fully saturated rings. The van der Waals surface area contributed by atoms with Gasteiger partial charge in [0.1, 0.15) is 11.3 Å². The van der Waals surface area contributed by atoms with Gasteiger partial charge in [-0.05, 0) is 13.0 Å². The van der Waals surface area contributed by atoms with Crippen molar-refractivity contribution >= 4 is 16.7 Å². The van der Waals surface area contributed by atoms with Gasteiger partial charge in [-0.15, -0.1) is 0 Å². The van der Waals surface area contributed by atoms with Crippen molar-refractivity contribution in [1.82, 2.24) is 9.55 Å². The number of hydrogen-bond donors (Lipinski definition) is 1. The quantitative estimate of drug-likeness (QED) is 0.503. The lowest BCUT2D eigenvalue weighted by Gasteiger charge is -2.09. The normalized spacial score (nSPS) is 10.8. The van der Waals surface area contributed by atoms with Gasteiger partial charge in [0.2, 0.25) is 0 Å². The Bertz CT molecular complexity index is 610. The predicted molar refractivity (Wildman–Crippen MR) is 73.4 cm³/mol. The summed E-state index contributed by atoms with van der Waals surface area (Å²) in [5.74, 6) is 0.832. The number of aryl methyl sites for hydroxylation is 2. The summed E-state index contributed by atoms with van der Waals surface area (Å²) in [6.07, 6.45) is 0.973. The molecule has 0 saturated carbocycles. The van der Waals surface area contributed by atoms with Crippen molar-refractivity contribution in [2.45, 2.75) is 19.9 Å². The molecule has 1 heterocycles.